The van der Waals surface area contributed by atoms with Gasteiger partial charge in [0.15, 0.2) is 0 Å². The fourth-order valence-electron chi connectivity index (χ4n) is 2.87. The lowest BCUT2D eigenvalue weighted by molar-refractivity contribution is -0.385. The zero-order valence-electron chi connectivity index (χ0n) is 11.2. The highest BCUT2D eigenvalue weighted by Crippen LogP contribution is 2.31. The van der Waals surface area contributed by atoms with E-state index in [4.69, 9.17) is 11.6 Å². The van der Waals surface area contributed by atoms with E-state index in [0.717, 1.165) is 25.8 Å². The second kappa shape index (κ2) is 7.02. The summed E-state index contributed by atoms with van der Waals surface area (Å²) in [7, 11) is 0. The predicted molar refractivity (Wildman–Crippen MR) is 77.7 cm³/mol. The van der Waals surface area contributed by atoms with Gasteiger partial charge in [0.2, 0.25) is 0 Å². The van der Waals surface area contributed by atoms with Crippen LogP contribution in [-0.4, -0.2) is 23.2 Å². The molecular weight excluding hydrogens is 280 g/mol. The molecule has 0 spiro atoms. The van der Waals surface area contributed by atoms with Crippen LogP contribution in [0.25, 0.3) is 0 Å². The van der Waals surface area contributed by atoms with Crippen LogP contribution in [0.5, 0.6) is 0 Å². The summed E-state index contributed by atoms with van der Waals surface area (Å²) in [5.41, 5.74) is 0.688. The molecule has 110 valence electrons. The van der Waals surface area contributed by atoms with E-state index in [1.54, 1.807) is 12.1 Å². The van der Waals surface area contributed by atoms with Crippen molar-refractivity contribution >= 4 is 17.3 Å². The molecule has 6 heteroatoms. The van der Waals surface area contributed by atoms with Gasteiger partial charge in [0.05, 0.1) is 4.92 Å². The van der Waals surface area contributed by atoms with Crippen LogP contribution in [0.1, 0.15) is 24.8 Å². The minimum absolute atomic E-state index is 0.0510. The maximum absolute atomic E-state index is 11.0. The topological polar surface area (TPSA) is 75.4 Å². The summed E-state index contributed by atoms with van der Waals surface area (Å²) in [6.45, 7) is 1.46. The van der Waals surface area contributed by atoms with Crippen molar-refractivity contribution in [2.75, 3.05) is 13.2 Å². The molecule has 0 aliphatic heterocycles. The summed E-state index contributed by atoms with van der Waals surface area (Å²) in [5.74, 6) is 0.828. The fraction of sp³-hybridized carbons (Fsp3) is 0.571. The second-order valence-electron chi connectivity index (χ2n) is 5.29. The number of hydrogen-bond donors (Lipinski definition) is 2. The molecule has 1 aromatic rings. The first kappa shape index (κ1) is 15.2. The zero-order chi connectivity index (χ0) is 14.5. The van der Waals surface area contributed by atoms with Crippen LogP contribution in [-0.2, 0) is 6.54 Å². The Labute approximate surface area is 123 Å². The van der Waals surface area contributed by atoms with Crippen molar-refractivity contribution in [1.82, 2.24) is 5.32 Å². The average Bonchev–Trinajstić information content (AvgIpc) is 2.87. The summed E-state index contributed by atoms with van der Waals surface area (Å²) in [5, 5.41) is 23.9. The first-order valence-corrected chi connectivity index (χ1v) is 7.24. The van der Waals surface area contributed by atoms with Crippen LogP contribution in [0, 0.1) is 22.0 Å². The van der Waals surface area contributed by atoms with Crippen molar-refractivity contribution in [1.29, 1.82) is 0 Å². The van der Waals surface area contributed by atoms with Crippen molar-refractivity contribution in [2.45, 2.75) is 25.8 Å². The van der Waals surface area contributed by atoms with E-state index in [-0.39, 0.29) is 12.3 Å². The smallest absolute Gasteiger partial charge is 0.275 e. The quantitative estimate of drug-likeness (QED) is 0.625. The third-order valence-electron chi connectivity index (χ3n) is 4.02. The fourth-order valence-corrected chi connectivity index (χ4v) is 3.04. The van der Waals surface area contributed by atoms with Crippen LogP contribution in [0.4, 0.5) is 5.69 Å². The average molecular weight is 299 g/mol. The van der Waals surface area contributed by atoms with E-state index >= 15 is 0 Å². The van der Waals surface area contributed by atoms with Crippen LogP contribution in [0.15, 0.2) is 18.2 Å². The molecule has 2 N–H and O–H groups in total. The normalized spacial score (nSPS) is 22.1. The molecule has 1 aliphatic carbocycles. The Balaban J connectivity index is 1.92. The number of nitrogens with zero attached hydrogens (tertiary/aromatic N) is 1. The molecule has 2 atom stereocenters. The molecule has 1 saturated carbocycles. The number of aliphatic hydroxyl groups is 1. The minimum Gasteiger partial charge on any atom is -0.396 e. The molecule has 0 amide bonds. The number of nitrogens with one attached hydrogen (secondary N) is 1. The number of nitro groups is 1. The third-order valence-corrected chi connectivity index (χ3v) is 4.25. The van der Waals surface area contributed by atoms with Gasteiger partial charge in [-0.25, -0.2) is 0 Å². The van der Waals surface area contributed by atoms with Gasteiger partial charge in [0.1, 0.15) is 0 Å². The van der Waals surface area contributed by atoms with Gasteiger partial charge in [-0.3, -0.25) is 10.1 Å². The van der Waals surface area contributed by atoms with Gasteiger partial charge in [-0.05, 0) is 43.4 Å². The van der Waals surface area contributed by atoms with Crippen molar-refractivity contribution in [3.8, 4) is 0 Å². The van der Waals surface area contributed by atoms with E-state index < -0.39 is 4.92 Å². The molecule has 5 nitrogen and oxygen atoms in total. The van der Waals surface area contributed by atoms with Gasteiger partial charge < -0.3 is 10.4 Å². The Hall–Kier alpha value is -1.17. The first-order chi connectivity index (χ1) is 9.61. The van der Waals surface area contributed by atoms with Gasteiger partial charge in [0.25, 0.3) is 5.69 Å². The van der Waals surface area contributed by atoms with E-state index in [9.17, 15) is 15.2 Å². The predicted octanol–water partition coefficient (Wildman–Crippen LogP) is 2.75. The highest BCUT2D eigenvalue weighted by Gasteiger charge is 2.26. The number of benzene rings is 1. The van der Waals surface area contributed by atoms with Crippen molar-refractivity contribution < 1.29 is 10.0 Å². The van der Waals surface area contributed by atoms with Gasteiger partial charge >= 0.3 is 0 Å². The maximum Gasteiger partial charge on any atom is 0.275 e. The molecule has 0 saturated heterocycles. The molecule has 20 heavy (non-hydrogen) atoms. The van der Waals surface area contributed by atoms with E-state index in [1.807, 2.05) is 0 Å². The lowest BCUT2D eigenvalue weighted by Crippen LogP contribution is -2.26. The summed E-state index contributed by atoms with van der Waals surface area (Å²) in [4.78, 5) is 10.6. The molecule has 0 radical (unpaired) electrons. The summed E-state index contributed by atoms with van der Waals surface area (Å²) in [6, 6.07) is 4.73. The van der Waals surface area contributed by atoms with Crippen LogP contribution in [0.2, 0.25) is 5.02 Å². The highest BCUT2D eigenvalue weighted by atomic mass is 35.5. The van der Waals surface area contributed by atoms with Crippen LogP contribution < -0.4 is 5.32 Å². The molecule has 0 bridgehead atoms. The Bertz CT molecular complexity index is 481. The van der Waals surface area contributed by atoms with Crippen LogP contribution >= 0.6 is 11.6 Å². The van der Waals surface area contributed by atoms with Gasteiger partial charge in [-0.1, -0.05) is 18.0 Å². The van der Waals surface area contributed by atoms with Gasteiger partial charge in [-0.15, -0.1) is 0 Å². The Kier molecular flexibility index (Phi) is 5.34. The SMILES string of the molecule is O=[N+]([O-])c1cc(Cl)ccc1CNCC1CCCC1CO. The number of halogens is 1. The molecule has 0 aromatic heterocycles. The molecule has 1 aromatic carbocycles. The molecule has 2 unspecified atom stereocenters. The van der Waals surface area contributed by atoms with E-state index in [0.29, 0.717) is 29.0 Å². The summed E-state index contributed by atoms with van der Waals surface area (Å²) in [6.07, 6.45) is 3.34. The van der Waals surface area contributed by atoms with Crippen molar-refractivity contribution in [3.05, 3.63) is 38.9 Å². The Morgan fingerprint density at radius 2 is 2.15 bits per heavy atom. The van der Waals surface area contributed by atoms with Gasteiger partial charge in [0, 0.05) is 29.8 Å². The number of nitro benzene ring substituents is 1. The minimum atomic E-state index is -0.408. The van der Waals surface area contributed by atoms with Crippen molar-refractivity contribution in [2.24, 2.45) is 11.8 Å². The number of aliphatic hydroxyl groups excluding tert-OH is 1. The lowest BCUT2D eigenvalue weighted by Gasteiger charge is -2.17. The van der Waals surface area contributed by atoms with Gasteiger partial charge in [-0.2, -0.15) is 0 Å². The summed E-state index contributed by atoms with van der Waals surface area (Å²) >= 11 is 5.78. The summed E-state index contributed by atoms with van der Waals surface area (Å²) < 4.78 is 0. The van der Waals surface area contributed by atoms with Crippen molar-refractivity contribution in [3.63, 3.8) is 0 Å². The highest BCUT2D eigenvalue weighted by molar-refractivity contribution is 6.30. The number of hydrogen-bond acceptors (Lipinski definition) is 4. The van der Waals surface area contributed by atoms with E-state index in [2.05, 4.69) is 5.32 Å². The zero-order valence-corrected chi connectivity index (χ0v) is 12.0. The maximum atomic E-state index is 11.0. The molecule has 0 heterocycles. The largest absolute Gasteiger partial charge is 0.396 e. The number of rotatable bonds is 6. The Morgan fingerprint density at radius 1 is 1.40 bits per heavy atom. The molecule has 1 aliphatic rings. The standard InChI is InChI=1S/C14H19ClN2O3/c15-13-5-4-11(14(6-13)17(19)20)8-16-7-10-2-1-3-12(10)9-18/h4-6,10,12,16,18H,1-3,7-9H2. The monoisotopic (exact) mass is 298 g/mol. The Morgan fingerprint density at radius 3 is 2.85 bits per heavy atom. The third kappa shape index (κ3) is 3.69. The van der Waals surface area contributed by atoms with Crippen LogP contribution in [0.3, 0.4) is 0 Å². The lowest BCUT2D eigenvalue weighted by atomic mass is 9.97. The molecule has 1 fully saturated rings. The molecule has 2 rings (SSSR count). The van der Waals surface area contributed by atoms with E-state index in [1.165, 1.54) is 6.07 Å². The first-order valence-electron chi connectivity index (χ1n) is 6.86. The molecular formula is C14H19ClN2O3. The second-order valence-corrected chi connectivity index (χ2v) is 5.73.